The largest absolute Gasteiger partial charge is 0.353 e. The summed E-state index contributed by atoms with van der Waals surface area (Å²) < 4.78 is 0. The summed E-state index contributed by atoms with van der Waals surface area (Å²) in [6.45, 7) is 19.6. The van der Waals surface area contributed by atoms with Gasteiger partial charge in [-0.25, -0.2) is 0 Å². The molecule has 0 atom stereocenters. The molecular formula is C23H44N4O2. The number of carbonyl (C=O) groups excluding carboxylic acids is 2. The van der Waals surface area contributed by atoms with E-state index in [-0.39, 0.29) is 46.1 Å². The Morgan fingerprint density at radius 1 is 0.828 bits per heavy atom. The number of amides is 2. The van der Waals surface area contributed by atoms with Gasteiger partial charge in [-0.15, -0.1) is 0 Å². The van der Waals surface area contributed by atoms with E-state index in [9.17, 15) is 9.59 Å². The summed E-state index contributed by atoms with van der Waals surface area (Å²) in [6.07, 6.45) is 3.97. The zero-order chi connectivity index (χ0) is 22.3. The highest BCUT2D eigenvalue weighted by Crippen LogP contribution is 2.32. The van der Waals surface area contributed by atoms with Gasteiger partial charge >= 0.3 is 0 Å². The van der Waals surface area contributed by atoms with E-state index in [1.54, 1.807) is 6.92 Å². The molecule has 2 aliphatic heterocycles. The summed E-state index contributed by atoms with van der Waals surface area (Å²) in [7, 11) is 0. The SMILES string of the molecule is CC(=O)N(CCC(=O)NC1CC(C)(C)NC(C)(C)C1)C1CC(C)(C)NC(C)(C)C1. The van der Waals surface area contributed by atoms with Crippen molar-refractivity contribution < 1.29 is 9.59 Å². The van der Waals surface area contributed by atoms with Crippen LogP contribution in [0.3, 0.4) is 0 Å². The van der Waals surface area contributed by atoms with Gasteiger partial charge in [-0.3, -0.25) is 9.59 Å². The molecular weight excluding hydrogens is 364 g/mol. The third kappa shape index (κ3) is 7.25. The quantitative estimate of drug-likeness (QED) is 0.654. The maximum Gasteiger partial charge on any atom is 0.221 e. The average Bonchev–Trinajstić information content (AvgIpc) is 2.39. The monoisotopic (exact) mass is 408 g/mol. The molecule has 2 amide bonds. The Morgan fingerprint density at radius 2 is 1.24 bits per heavy atom. The van der Waals surface area contributed by atoms with Gasteiger partial charge < -0.3 is 20.9 Å². The number of nitrogens with one attached hydrogen (secondary N) is 3. The highest BCUT2D eigenvalue weighted by molar-refractivity contribution is 5.78. The molecule has 0 aromatic carbocycles. The first-order valence-electron chi connectivity index (χ1n) is 11.1. The second kappa shape index (κ2) is 8.18. The second-order valence-corrected chi connectivity index (χ2v) is 12.0. The fourth-order valence-electron chi connectivity index (χ4n) is 6.03. The van der Waals surface area contributed by atoms with Crippen molar-refractivity contribution in [2.45, 2.75) is 129 Å². The second-order valence-electron chi connectivity index (χ2n) is 12.0. The predicted octanol–water partition coefficient (Wildman–Crippen LogP) is 2.96. The maximum absolute atomic E-state index is 12.7. The molecule has 2 saturated heterocycles. The van der Waals surface area contributed by atoms with Crippen molar-refractivity contribution in [3.8, 4) is 0 Å². The smallest absolute Gasteiger partial charge is 0.221 e. The van der Waals surface area contributed by atoms with Crippen LogP contribution in [0.2, 0.25) is 0 Å². The van der Waals surface area contributed by atoms with E-state index in [2.05, 4.69) is 71.3 Å². The van der Waals surface area contributed by atoms with Crippen LogP contribution < -0.4 is 16.0 Å². The summed E-state index contributed by atoms with van der Waals surface area (Å²) in [5, 5.41) is 10.5. The molecule has 0 aromatic rings. The lowest BCUT2D eigenvalue weighted by molar-refractivity contribution is -0.133. The summed E-state index contributed by atoms with van der Waals surface area (Å²) in [4.78, 5) is 27.0. The highest BCUT2D eigenvalue weighted by atomic mass is 16.2. The number of piperidine rings is 2. The van der Waals surface area contributed by atoms with Crippen molar-refractivity contribution in [2.75, 3.05) is 6.54 Å². The maximum atomic E-state index is 12.7. The van der Waals surface area contributed by atoms with E-state index in [4.69, 9.17) is 0 Å². The molecule has 2 heterocycles. The number of nitrogens with zero attached hydrogens (tertiary/aromatic N) is 1. The molecule has 0 bridgehead atoms. The molecule has 0 radical (unpaired) electrons. The van der Waals surface area contributed by atoms with Crippen LogP contribution in [0.25, 0.3) is 0 Å². The lowest BCUT2D eigenvalue weighted by atomic mass is 9.79. The summed E-state index contributed by atoms with van der Waals surface area (Å²) in [5.41, 5.74) is -0.0714. The molecule has 2 rings (SSSR count). The first kappa shape index (κ1) is 24.1. The van der Waals surface area contributed by atoms with E-state index in [0.717, 1.165) is 25.7 Å². The van der Waals surface area contributed by atoms with E-state index in [0.29, 0.717) is 13.0 Å². The summed E-state index contributed by atoms with van der Waals surface area (Å²) >= 11 is 0. The lowest BCUT2D eigenvalue weighted by Gasteiger charge is -2.49. The van der Waals surface area contributed by atoms with Gasteiger partial charge in [0, 0.05) is 54.1 Å². The Kier molecular flexibility index (Phi) is 6.81. The minimum atomic E-state index is -0.0331. The van der Waals surface area contributed by atoms with Crippen molar-refractivity contribution in [3.63, 3.8) is 0 Å². The van der Waals surface area contributed by atoms with Crippen molar-refractivity contribution in [1.82, 2.24) is 20.9 Å². The van der Waals surface area contributed by atoms with Crippen LogP contribution in [0.15, 0.2) is 0 Å². The molecule has 29 heavy (non-hydrogen) atoms. The number of carbonyl (C=O) groups is 2. The van der Waals surface area contributed by atoms with Crippen LogP contribution in [0.5, 0.6) is 0 Å². The molecule has 3 N–H and O–H groups in total. The van der Waals surface area contributed by atoms with Crippen LogP contribution in [0.1, 0.15) is 94.4 Å². The summed E-state index contributed by atoms with van der Waals surface area (Å²) in [5.74, 6) is 0.0997. The number of hydrogen-bond acceptors (Lipinski definition) is 4. The Labute approximate surface area is 177 Å². The average molecular weight is 409 g/mol. The van der Waals surface area contributed by atoms with Crippen molar-refractivity contribution in [1.29, 1.82) is 0 Å². The Bertz CT molecular complexity index is 592. The van der Waals surface area contributed by atoms with E-state index in [1.807, 2.05) is 4.90 Å². The molecule has 6 heteroatoms. The van der Waals surface area contributed by atoms with Gasteiger partial charge in [0.1, 0.15) is 0 Å². The van der Waals surface area contributed by atoms with Gasteiger partial charge in [0.2, 0.25) is 11.8 Å². The van der Waals surface area contributed by atoms with Crippen LogP contribution in [-0.2, 0) is 9.59 Å². The van der Waals surface area contributed by atoms with Gasteiger partial charge in [-0.1, -0.05) is 0 Å². The third-order valence-corrected chi connectivity index (χ3v) is 6.15. The van der Waals surface area contributed by atoms with E-state index < -0.39 is 0 Å². The van der Waals surface area contributed by atoms with Crippen LogP contribution in [-0.4, -0.2) is 57.5 Å². The highest BCUT2D eigenvalue weighted by Gasteiger charge is 2.41. The van der Waals surface area contributed by atoms with Gasteiger partial charge in [0.15, 0.2) is 0 Å². The standard InChI is InChI=1S/C23H44N4O2/c1-16(28)27(18-14-22(6,7)26-23(8,9)15-18)11-10-19(29)24-17-12-20(2,3)25-21(4,5)13-17/h17-18,25-26H,10-15H2,1-9H3,(H,24,29). The van der Waals surface area contributed by atoms with Crippen molar-refractivity contribution in [2.24, 2.45) is 0 Å². The normalized spacial score (nSPS) is 26.0. The minimum Gasteiger partial charge on any atom is -0.353 e. The summed E-state index contributed by atoms with van der Waals surface area (Å²) in [6, 6.07) is 0.319. The third-order valence-electron chi connectivity index (χ3n) is 6.15. The van der Waals surface area contributed by atoms with Crippen LogP contribution in [0.4, 0.5) is 0 Å². The fourth-order valence-corrected chi connectivity index (χ4v) is 6.03. The predicted molar refractivity (Wildman–Crippen MR) is 119 cm³/mol. The van der Waals surface area contributed by atoms with Crippen molar-refractivity contribution >= 4 is 11.8 Å². The van der Waals surface area contributed by atoms with Gasteiger partial charge in [-0.2, -0.15) is 0 Å². The van der Waals surface area contributed by atoms with Gasteiger partial charge in [-0.05, 0) is 81.1 Å². The van der Waals surface area contributed by atoms with Crippen LogP contribution >= 0.6 is 0 Å². The molecule has 6 nitrogen and oxygen atoms in total. The molecule has 0 aliphatic carbocycles. The molecule has 0 aromatic heterocycles. The number of hydrogen-bond donors (Lipinski definition) is 3. The Balaban J connectivity index is 1.97. The van der Waals surface area contributed by atoms with Crippen molar-refractivity contribution in [3.05, 3.63) is 0 Å². The Hall–Kier alpha value is -1.14. The van der Waals surface area contributed by atoms with E-state index >= 15 is 0 Å². The zero-order valence-electron chi connectivity index (χ0n) is 20.2. The molecule has 2 aliphatic rings. The Morgan fingerprint density at radius 3 is 1.66 bits per heavy atom. The number of rotatable bonds is 5. The first-order chi connectivity index (χ1) is 13.0. The topological polar surface area (TPSA) is 73.5 Å². The molecule has 0 spiro atoms. The molecule has 168 valence electrons. The van der Waals surface area contributed by atoms with Gasteiger partial charge in [0.05, 0.1) is 0 Å². The zero-order valence-corrected chi connectivity index (χ0v) is 20.2. The molecule has 0 unspecified atom stereocenters. The van der Waals surface area contributed by atoms with E-state index in [1.165, 1.54) is 0 Å². The van der Waals surface area contributed by atoms with Crippen LogP contribution in [0, 0.1) is 0 Å². The van der Waals surface area contributed by atoms with Gasteiger partial charge in [0.25, 0.3) is 0 Å². The molecule has 2 fully saturated rings. The lowest BCUT2D eigenvalue weighted by Crippen LogP contribution is -2.63. The molecule has 0 saturated carbocycles. The minimum absolute atomic E-state index is 0.00260. The first-order valence-corrected chi connectivity index (χ1v) is 11.1. The fraction of sp³-hybridized carbons (Fsp3) is 0.913.